The predicted octanol–water partition coefficient (Wildman–Crippen LogP) is 6.17. The first-order valence-electron chi connectivity index (χ1n) is 12.8. The number of ether oxygens (including phenoxy) is 1. The van der Waals surface area contributed by atoms with E-state index in [1.165, 1.54) is 30.3 Å². The topological polar surface area (TPSA) is 109 Å². The number of aromatic amines is 1. The normalized spacial score (nSPS) is 19.5. The van der Waals surface area contributed by atoms with E-state index in [-0.39, 0.29) is 11.4 Å². The second kappa shape index (κ2) is 11.5. The van der Waals surface area contributed by atoms with Crippen LogP contribution in [0.5, 0.6) is 5.75 Å². The summed E-state index contributed by atoms with van der Waals surface area (Å²) in [5.74, 6) is -4.32. The number of nitrogens with zero attached hydrogens (tertiary/aromatic N) is 1. The highest BCUT2D eigenvalue weighted by molar-refractivity contribution is 9.10. The fourth-order valence-electron chi connectivity index (χ4n) is 5.20. The van der Waals surface area contributed by atoms with Gasteiger partial charge < -0.3 is 15.0 Å². The molecule has 8 nitrogen and oxygen atoms in total. The van der Waals surface area contributed by atoms with Gasteiger partial charge in [0.2, 0.25) is 11.8 Å². The maximum atomic E-state index is 14.0. The second-order valence-electron chi connectivity index (χ2n) is 9.84. The molecule has 0 saturated carbocycles. The Kier molecular flexibility index (Phi) is 7.88. The van der Waals surface area contributed by atoms with Gasteiger partial charge in [0.1, 0.15) is 16.8 Å². The fourth-order valence-corrected chi connectivity index (χ4v) is 8.08. The monoisotopic (exact) mass is 707 g/mol. The number of H-pyrrole nitrogens is 1. The molecule has 1 fully saturated rings. The summed E-state index contributed by atoms with van der Waals surface area (Å²) in [6.45, 7) is -0.471. The average Bonchev–Trinajstić information content (AvgIpc) is 3.47. The number of rotatable bonds is 6. The van der Waals surface area contributed by atoms with Crippen LogP contribution in [-0.2, 0) is 20.6 Å². The number of anilines is 2. The number of hydrogen-bond acceptors (Lipinski definition) is 7. The Labute approximate surface area is 262 Å². The molecule has 2 aliphatic rings. The van der Waals surface area contributed by atoms with Crippen molar-refractivity contribution in [1.82, 2.24) is 4.98 Å². The summed E-state index contributed by atoms with van der Waals surface area (Å²) < 4.78 is 60.1. The van der Waals surface area contributed by atoms with Gasteiger partial charge in [0, 0.05) is 26.5 Å². The van der Waals surface area contributed by atoms with Gasteiger partial charge in [0.15, 0.2) is 6.61 Å². The zero-order valence-electron chi connectivity index (χ0n) is 22.0. The van der Waals surface area contributed by atoms with Gasteiger partial charge in [-0.25, -0.2) is 9.29 Å². The SMILES string of the molecule is O=C(COc1ccc(Br)cc1C1c2sc(=O)[nH]c2SC2C(=O)N(c3cccc(C(F)(F)F)c3)C(=O)C21)Nc1ccc(F)cc1. The molecule has 226 valence electrons. The number of imide groups is 1. The molecular formula is C29H18BrF4N3O5S2. The molecule has 4 aromatic rings. The Morgan fingerprint density at radius 3 is 2.50 bits per heavy atom. The van der Waals surface area contributed by atoms with Gasteiger partial charge in [-0.3, -0.25) is 19.2 Å². The lowest BCUT2D eigenvalue weighted by Gasteiger charge is -2.31. The zero-order chi connectivity index (χ0) is 31.3. The third kappa shape index (κ3) is 5.66. The van der Waals surface area contributed by atoms with E-state index in [2.05, 4.69) is 26.2 Å². The number of halogens is 5. The number of hydrogen-bond donors (Lipinski definition) is 2. The van der Waals surface area contributed by atoms with Crippen LogP contribution in [0.2, 0.25) is 0 Å². The van der Waals surface area contributed by atoms with Crippen LogP contribution >= 0.6 is 39.0 Å². The Hall–Kier alpha value is -3.95. The summed E-state index contributed by atoms with van der Waals surface area (Å²) in [5, 5.41) is 1.88. The molecule has 15 heteroatoms. The summed E-state index contributed by atoms with van der Waals surface area (Å²) >= 11 is 5.23. The van der Waals surface area contributed by atoms with E-state index < -0.39 is 63.8 Å². The van der Waals surface area contributed by atoms with Gasteiger partial charge in [0.25, 0.3) is 5.91 Å². The number of nitrogens with one attached hydrogen (secondary N) is 2. The maximum Gasteiger partial charge on any atom is 0.416 e. The molecule has 3 aromatic carbocycles. The quantitative estimate of drug-likeness (QED) is 0.183. The molecule has 3 heterocycles. The number of carbonyl (C=O) groups excluding carboxylic acids is 3. The second-order valence-corrected chi connectivity index (χ2v) is 12.9. The van der Waals surface area contributed by atoms with E-state index in [1.54, 1.807) is 18.2 Å². The predicted molar refractivity (Wildman–Crippen MR) is 159 cm³/mol. The first-order chi connectivity index (χ1) is 20.9. The molecule has 0 spiro atoms. The summed E-state index contributed by atoms with van der Waals surface area (Å²) in [5.41, 5.74) is -0.509. The highest BCUT2D eigenvalue weighted by Gasteiger charge is 2.57. The van der Waals surface area contributed by atoms with Crippen molar-refractivity contribution < 1.29 is 36.7 Å². The standard InChI is InChI=1S/C29H18BrF4N3O5S2/c30-14-4-9-19(42-12-20(38)35-16-7-5-15(31)6-8-16)18(11-14)21-22-24(43-25-23(21)44-28(41)36-25)27(40)37(26(22)39)17-3-1-2-13(10-17)29(32,33)34/h1-11,21-22,24H,12H2,(H,35,38)(H,36,41). The zero-order valence-corrected chi connectivity index (χ0v) is 25.2. The van der Waals surface area contributed by atoms with E-state index in [9.17, 15) is 36.7 Å². The van der Waals surface area contributed by atoms with Crippen molar-refractivity contribution in [3.63, 3.8) is 0 Å². The number of benzene rings is 3. The molecule has 2 N–H and O–H groups in total. The van der Waals surface area contributed by atoms with Gasteiger partial charge in [-0.1, -0.05) is 45.1 Å². The van der Waals surface area contributed by atoms with Crippen LogP contribution in [0.4, 0.5) is 28.9 Å². The number of carbonyl (C=O) groups is 3. The van der Waals surface area contributed by atoms with Crippen LogP contribution in [0.15, 0.2) is 81.0 Å². The van der Waals surface area contributed by atoms with E-state index in [0.717, 1.165) is 46.2 Å². The Morgan fingerprint density at radius 1 is 1.02 bits per heavy atom. The molecule has 3 amide bonds. The van der Waals surface area contributed by atoms with Crippen LogP contribution in [-0.4, -0.2) is 34.6 Å². The molecule has 0 radical (unpaired) electrons. The lowest BCUT2D eigenvalue weighted by atomic mass is 9.82. The number of fused-ring (bicyclic) bond motifs is 2. The number of aromatic nitrogens is 1. The van der Waals surface area contributed by atoms with Crippen LogP contribution in [0.1, 0.15) is 21.9 Å². The van der Waals surface area contributed by atoms with Gasteiger partial charge in [-0.05, 0) is 60.7 Å². The number of thioether (sulfide) groups is 1. The molecule has 3 unspecified atom stereocenters. The summed E-state index contributed by atoms with van der Waals surface area (Å²) in [7, 11) is 0. The first kappa shape index (κ1) is 30.1. The van der Waals surface area contributed by atoms with E-state index in [1.807, 2.05) is 0 Å². The highest BCUT2D eigenvalue weighted by atomic mass is 79.9. The summed E-state index contributed by atoms with van der Waals surface area (Å²) in [6, 6.07) is 13.9. The maximum absolute atomic E-state index is 14.0. The largest absolute Gasteiger partial charge is 0.483 e. The lowest BCUT2D eigenvalue weighted by Crippen LogP contribution is -2.32. The minimum Gasteiger partial charge on any atom is -0.483 e. The van der Waals surface area contributed by atoms with Crippen molar-refractivity contribution in [2.45, 2.75) is 22.4 Å². The molecule has 1 saturated heterocycles. The van der Waals surface area contributed by atoms with Crippen LogP contribution < -0.4 is 19.8 Å². The molecule has 1 aromatic heterocycles. The van der Waals surface area contributed by atoms with Gasteiger partial charge in [0.05, 0.1) is 22.2 Å². The van der Waals surface area contributed by atoms with Crippen molar-refractivity contribution in [3.05, 3.63) is 103 Å². The molecule has 0 aliphatic carbocycles. The van der Waals surface area contributed by atoms with Crippen molar-refractivity contribution in [1.29, 1.82) is 0 Å². The minimum atomic E-state index is -4.69. The molecule has 6 rings (SSSR count). The fraction of sp³-hybridized carbons (Fsp3) is 0.172. The highest BCUT2D eigenvalue weighted by Crippen LogP contribution is 2.55. The van der Waals surface area contributed by atoms with Crippen molar-refractivity contribution >= 4 is 68.1 Å². The molecule has 0 bridgehead atoms. The van der Waals surface area contributed by atoms with E-state index in [4.69, 9.17) is 4.74 Å². The lowest BCUT2D eigenvalue weighted by molar-refractivity contribution is -0.137. The van der Waals surface area contributed by atoms with Crippen molar-refractivity contribution in [2.24, 2.45) is 5.92 Å². The van der Waals surface area contributed by atoms with Gasteiger partial charge in [-0.2, -0.15) is 13.2 Å². The van der Waals surface area contributed by atoms with Crippen molar-refractivity contribution in [2.75, 3.05) is 16.8 Å². The average molecular weight is 709 g/mol. The van der Waals surface area contributed by atoms with Crippen molar-refractivity contribution in [3.8, 4) is 5.75 Å². The van der Waals surface area contributed by atoms with Crippen LogP contribution in [0, 0.1) is 11.7 Å². The third-order valence-corrected chi connectivity index (χ3v) is 9.94. The first-order valence-corrected chi connectivity index (χ1v) is 15.3. The minimum absolute atomic E-state index is 0.183. The molecule has 44 heavy (non-hydrogen) atoms. The van der Waals surface area contributed by atoms with E-state index >= 15 is 0 Å². The molecular weight excluding hydrogens is 690 g/mol. The number of alkyl halides is 3. The number of amides is 3. The summed E-state index contributed by atoms with van der Waals surface area (Å²) in [6.07, 6.45) is -4.69. The Balaban J connectivity index is 1.36. The van der Waals surface area contributed by atoms with Crippen LogP contribution in [0.3, 0.4) is 0 Å². The Bertz CT molecular complexity index is 1860. The van der Waals surface area contributed by atoms with E-state index in [0.29, 0.717) is 25.6 Å². The number of thiazole rings is 1. The molecule has 2 aliphatic heterocycles. The summed E-state index contributed by atoms with van der Waals surface area (Å²) in [4.78, 5) is 56.2. The molecule has 3 atom stereocenters. The third-order valence-electron chi connectivity index (χ3n) is 7.05. The van der Waals surface area contributed by atoms with Gasteiger partial charge >= 0.3 is 11.0 Å². The Morgan fingerprint density at radius 2 is 1.77 bits per heavy atom. The van der Waals surface area contributed by atoms with Crippen LogP contribution in [0.25, 0.3) is 0 Å². The van der Waals surface area contributed by atoms with Gasteiger partial charge in [-0.15, -0.1) is 0 Å². The smallest absolute Gasteiger partial charge is 0.416 e.